The summed E-state index contributed by atoms with van der Waals surface area (Å²) in [6.45, 7) is 12.9. The molecule has 13 nitrogen and oxygen atoms in total. The van der Waals surface area contributed by atoms with Crippen LogP contribution in [0.25, 0.3) is 0 Å². The van der Waals surface area contributed by atoms with E-state index in [2.05, 4.69) is 31.0 Å². The van der Waals surface area contributed by atoms with Crippen LogP contribution in [-0.2, 0) is 45.7 Å². The summed E-state index contributed by atoms with van der Waals surface area (Å²) in [5, 5.41) is 2.54. The normalized spacial score (nSPS) is 24.4. The molecule has 2 aromatic rings. The van der Waals surface area contributed by atoms with Crippen molar-refractivity contribution in [2.45, 2.75) is 86.8 Å². The Morgan fingerprint density at radius 1 is 0.877 bits per heavy atom. The van der Waals surface area contributed by atoms with Gasteiger partial charge in [-0.1, -0.05) is 31.1 Å². The number of nitrogens with one attached hydrogen (secondary N) is 1. The lowest BCUT2D eigenvalue weighted by atomic mass is 9.57. The number of esters is 1. The van der Waals surface area contributed by atoms with Crippen LogP contribution < -0.4 is 10.2 Å². The Labute approximate surface area is 385 Å². The van der Waals surface area contributed by atoms with Crippen LogP contribution in [0.3, 0.4) is 0 Å². The van der Waals surface area contributed by atoms with Gasteiger partial charge in [0.2, 0.25) is 11.8 Å². The molecule has 6 fully saturated rings. The zero-order chi connectivity index (χ0) is 45.6. The molecule has 65 heavy (non-hydrogen) atoms. The molecule has 8 rings (SSSR count). The Bertz CT molecular complexity index is 2110. The number of nitrogens with zero attached hydrogens (tertiary/aromatic N) is 5. The second kappa shape index (κ2) is 21.4. The fraction of sp³-hybridized carbons (Fsp3) is 0.660. The van der Waals surface area contributed by atoms with Crippen molar-refractivity contribution in [2.75, 3.05) is 110 Å². The number of methoxy groups -OCH3 is 1. The zero-order valence-electron chi connectivity index (χ0n) is 38.6. The summed E-state index contributed by atoms with van der Waals surface area (Å²) in [6.07, 6.45) is 12.1. The predicted octanol–water partition coefficient (Wildman–Crippen LogP) is 4.89. The number of likely N-dealkylation sites (tertiary alicyclic amines) is 3. The average molecular weight is 919 g/mol. The Hall–Kier alpha value is -3.89. The summed E-state index contributed by atoms with van der Waals surface area (Å²) in [5.41, 5.74) is 2.21. The van der Waals surface area contributed by atoms with Crippen LogP contribution in [0.1, 0.15) is 75.8 Å². The molecule has 3 atom stereocenters. The van der Waals surface area contributed by atoms with Crippen molar-refractivity contribution in [2.24, 2.45) is 23.7 Å². The molecule has 0 unspecified atom stereocenters. The lowest BCUT2D eigenvalue weighted by molar-refractivity contribution is -0.142. The molecule has 5 heterocycles. The van der Waals surface area contributed by atoms with Crippen molar-refractivity contribution < 1.29 is 36.7 Å². The first kappa shape index (κ1) is 47.6. The third kappa shape index (κ3) is 11.1. The number of carbonyl (C=O) groups excluding carboxylic acids is 3. The number of amides is 2. The number of morpholine rings is 1. The number of ether oxygens (including phenoxy) is 2. The van der Waals surface area contributed by atoms with E-state index in [-0.39, 0.29) is 54.4 Å². The molecule has 0 bridgehead atoms. The molecule has 5 aliphatic heterocycles. The van der Waals surface area contributed by atoms with Gasteiger partial charge in [0, 0.05) is 102 Å². The van der Waals surface area contributed by atoms with Crippen LogP contribution >= 0.6 is 0 Å². The molecule has 1 saturated carbocycles. The maximum atomic E-state index is 15.1. The number of rotatable bonds is 17. The number of halogens is 1. The summed E-state index contributed by atoms with van der Waals surface area (Å²) < 4.78 is 54.2. The molecule has 0 radical (unpaired) electrons. The van der Waals surface area contributed by atoms with Crippen LogP contribution in [0.15, 0.2) is 59.5 Å². The van der Waals surface area contributed by atoms with Crippen molar-refractivity contribution in [1.82, 2.24) is 24.9 Å². The Morgan fingerprint density at radius 3 is 2.34 bits per heavy atom. The monoisotopic (exact) mass is 919 g/mol. The summed E-state index contributed by atoms with van der Waals surface area (Å²) in [5.74, 6) is 0.0583. The lowest BCUT2D eigenvalue weighted by Crippen LogP contribution is -2.56. The molecular formula is C50H71FN6O7S. The summed E-state index contributed by atoms with van der Waals surface area (Å²) in [6, 6.07) is 12.7. The van der Waals surface area contributed by atoms with Crippen molar-refractivity contribution in [3.8, 4) is 0 Å². The maximum absolute atomic E-state index is 15.1. The van der Waals surface area contributed by atoms with E-state index in [1.807, 2.05) is 18.2 Å². The minimum atomic E-state index is -3.68. The highest BCUT2D eigenvalue weighted by molar-refractivity contribution is 7.92. The van der Waals surface area contributed by atoms with Crippen molar-refractivity contribution in [1.29, 1.82) is 0 Å². The highest BCUT2D eigenvalue weighted by Gasteiger charge is 2.52. The van der Waals surface area contributed by atoms with E-state index in [4.69, 9.17) is 9.47 Å². The highest BCUT2D eigenvalue weighted by atomic mass is 32.2. The molecule has 15 heteroatoms. The van der Waals surface area contributed by atoms with E-state index in [0.29, 0.717) is 43.5 Å². The molecule has 0 spiro atoms. The van der Waals surface area contributed by atoms with E-state index in [0.717, 1.165) is 114 Å². The van der Waals surface area contributed by atoms with Gasteiger partial charge in [0.25, 0.3) is 0 Å². The molecule has 5 saturated heterocycles. The van der Waals surface area contributed by atoms with Crippen molar-refractivity contribution in [3.63, 3.8) is 0 Å². The third-order valence-electron chi connectivity index (χ3n) is 15.6. The van der Waals surface area contributed by atoms with Gasteiger partial charge in [-0.15, -0.1) is 0 Å². The molecule has 2 amide bonds. The molecule has 1 N–H and O–H groups in total. The quantitative estimate of drug-likeness (QED) is 0.172. The lowest BCUT2D eigenvalue weighted by Gasteiger charge is -2.51. The minimum absolute atomic E-state index is 0.0860. The van der Waals surface area contributed by atoms with Gasteiger partial charge < -0.3 is 29.5 Å². The van der Waals surface area contributed by atoms with Gasteiger partial charge in [-0.05, 0) is 124 Å². The number of piperidine rings is 2. The SMILES string of the molecule is COC(=O)C[C@H]1CCC[C@@H]1[C@](CNC(C)=O)(c1cccc(F)c1)C1CCN(CC2CN(c3ccc(S(=O)(=O)C4CN(C(=O)/C=C/CN5CCCCC5)C4)c(CN4CCOCC4)c3)C2)CC1. The average Bonchev–Trinajstić information content (AvgIpc) is 3.73. The first-order valence-corrected chi connectivity index (χ1v) is 25.9. The van der Waals surface area contributed by atoms with E-state index in [9.17, 15) is 22.8 Å². The highest BCUT2D eigenvalue weighted by Crippen LogP contribution is 2.53. The van der Waals surface area contributed by atoms with E-state index in [1.54, 1.807) is 29.2 Å². The topological polar surface area (TPSA) is 132 Å². The molecule has 0 aromatic heterocycles. The van der Waals surface area contributed by atoms with Crippen LogP contribution in [0.4, 0.5) is 10.1 Å². The number of sulfone groups is 1. The fourth-order valence-electron chi connectivity index (χ4n) is 12.0. The maximum Gasteiger partial charge on any atom is 0.305 e. The van der Waals surface area contributed by atoms with Crippen LogP contribution in [-0.4, -0.2) is 156 Å². The van der Waals surface area contributed by atoms with Gasteiger partial charge in [0.1, 0.15) is 11.1 Å². The largest absolute Gasteiger partial charge is 0.469 e. The van der Waals surface area contributed by atoms with Gasteiger partial charge in [0.05, 0.1) is 25.2 Å². The number of benzene rings is 2. The van der Waals surface area contributed by atoms with Gasteiger partial charge in [0.15, 0.2) is 9.84 Å². The number of hydrogen-bond acceptors (Lipinski definition) is 11. The van der Waals surface area contributed by atoms with Gasteiger partial charge in [-0.25, -0.2) is 12.8 Å². The smallest absolute Gasteiger partial charge is 0.305 e. The van der Waals surface area contributed by atoms with Gasteiger partial charge in [-0.2, -0.15) is 0 Å². The molecular weight excluding hydrogens is 848 g/mol. The van der Waals surface area contributed by atoms with Crippen LogP contribution in [0, 0.1) is 29.5 Å². The number of hydrogen-bond donors (Lipinski definition) is 1. The van der Waals surface area contributed by atoms with Gasteiger partial charge >= 0.3 is 5.97 Å². The molecule has 1 aliphatic carbocycles. The second-order valence-corrected chi connectivity index (χ2v) is 21.9. The second-order valence-electron chi connectivity index (χ2n) is 19.7. The molecule has 6 aliphatic rings. The zero-order valence-corrected chi connectivity index (χ0v) is 39.5. The Balaban J connectivity index is 0.904. The Morgan fingerprint density at radius 2 is 1.63 bits per heavy atom. The number of anilines is 1. The first-order valence-electron chi connectivity index (χ1n) is 24.3. The van der Waals surface area contributed by atoms with Gasteiger partial charge in [-0.3, -0.25) is 24.2 Å². The number of carbonyl (C=O) groups is 3. The summed E-state index contributed by atoms with van der Waals surface area (Å²) >= 11 is 0. The summed E-state index contributed by atoms with van der Waals surface area (Å²) in [7, 11) is -2.25. The van der Waals surface area contributed by atoms with E-state index >= 15 is 4.39 Å². The van der Waals surface area contributed by atoms with Crippen molar-refractivity contribution in [3.05, 3.63) is 71.6 Å². The Kier molecular flexibility index (Phi) is 15.7. The van der Waals surface area contributed by atoms with Crippen molar-refractivity contribution >= 4 is 33.3 Å². The van der Waals surface area contributed by atoms with Crippen LogP contribution in [0.2, 0.25) is 0 Å². The molecule has 2 aromatic carbocycles. The summed E-state index contributed by atoms with van der Waals surface area (Å²) in [4.78, 5) is 49.6. The minimum Gasteiger partial charge on any atom is -0.469 e. The predicted molar refractivity (Wildman–Crippen MR) is 249 cm³/mol. The third-order valence-corrected chi connectivity index (χ3v) is 17.8. The molecule has 356 valence electrons. The standard InChI is InChI=1S/C50H71FN6O7S/c1-37(58)52-36-50(42-10-7-11-43(51)29-42,46-12-6-9-39(46)28-49(60)63-2)41-16-21-54(22-17-41)30-38-31-56(32-38)44-14-15-47(40(27-44)33-55-23-25-64-26-24-55)65(61,62)45-34-57(35-45)48(59)13-8-20-53-18-4-3-5-19-53/h7-8,10-11,13-15,27,29,38-39,41,45-46H,3-6,9,12,16-26,28,30-36H2,1-2H3,(H,52,58)/b13-8+/t39-,46+,50+/m1/s1. The van der Waals surface area contributed by atoms with E-state index in [1.165, 1.54) is 39.4 Å². The van der Waals surface area contributed by atoms with E-state index < -0.39 is 20.5 Å². The fourth-order valence-corrected chi connectivity index (χ4v) is 13.9. The van der Waals surface area contributed by atoms with Crippen LogP contribution in [0.5, 0.6) is 0 Å². The first-order chi connectivity index (χ1) is 31.4.